The molecule has 0 saturated carbocycles. The molecule has 0 aliphatic rings. The number of hydrogen-bond donors (Lipinski definition) is 1. The van der Waals surface area contributed by atoms with Crippen LogP contribution >= 0.6 is 11.8 Å². The van der Waals surface area contributed by atoms with Gasteiger partial charge in [-0.3, -0.25) is 9.59 Å². The summed E-state index contributed by atoms with van der Waals surface area (Å²) in [5.74, 6) is 1.08. The van der Waals surface area contributed by atoms with Gasteiger partial charge in [0.15, 0.2) is 0 Å². The predicted octanol–water partition coefficient (Wildman–Crippen LogP) is 5.26. The van der Waals surface area contributed by atoms with Crippen molar-refractivity contribution < 1.29 is 9.59 Å². The highest BCUT2D eigenvalue weighted by Crippen LogP contribution is 2.20. The SMILES string of the molecule is CC[C@@H](C)NC(=O)[C@H](CC)N(Cc1ccccc1C)C(=O)CSCc1ccccc1C. The topological polar surface area (TPSA) is 49.4 Å². The van der Waals surface area contributed by atoms with Crippen LogP contribution < -0.4 is 5.32 Å². The molecule has 0 aromatic heterocycles. The first kappa shape index (κ1) is 25.0. The first-order valence-corrected chi connectivity index (χ1v) is 12.3. The van der Waals surface area contributed by atoms with Gasteiger partial charge in [-0.2, -0.15) is 0 Å². The normalized spacial score (nSPS) is 12.8. The zero-order chi connectivity index (χ0) is 22.8. The molecule has 2 aromatic carbocycles. The fraction of sp³-hybridized carbons (Fsp3) is 0.462. The molecule has 2 amide bonds. The number of carbonyl (C=O) groups is 2. The molecular formula is C26H36N2O2S. The van der Waals surface area contributed by atoms with Crippen LogP contribution in [-0.2, 0) is 21.9 Å². The number of benzene rings is 2. The van der Waals surface area contributed by atoms with E-state index in [2.05, 4.69) is 24.4 Å². The van der Waals surface area contributed by atoms with Crippen molar-refractivity contribution in [1.82, 2.24) is 10.2 Å². The third-order valence-electron chi connectivity index (χ3n) is 5.73. The van der Waals surface area contributed by atoms with E-state index in [1.54, 1.807) is 16.7 Å². The lowest BCUT2D eigenvalue weighted by molar-refractivity contribution is -0.139. The van der Waals surface area contributed by atoms with Crippen molar-refractivity contribution in [3.8, 4) is 0 Å². The summed E-state index contributed by atoms with van der Waals surface area (Å²) >= 11 is 1.61. The number of amides is 2. The van der Waals surface area contributed by atoms with E-state index in [1.807, 2.05) is 64.1 Å². The molecule has 0 aliphatic carbocycles. The molecule has 0 unspecified atom stereocenters. The van der Waals surface area contributed by atoms with Gasteiger partial charge < -0.3 is 10.2 Å². The smallest absolute Gasteiger partial charge is 0.243 e. The highest BCUT2D eigenvalue weighted by molar-refractivity contribution is 7.99. The second-order valence-electron chi connectivity index (χ2n) is 8.11. The summed E-state index contributed by atoms with van der Waals surface area (Å²) in [5, 5.41) is 3.07. The van der Waals surface area contributed by atoms with Crippen LogP contribution in [-0.4, -0.2) is 34.6 Å². The van der Waals surface area contributed by atoms with Crippen LogP contribution in [0, 0.1) is 13.8 Å². The van der Waals surface area contributed by atoms with Crippen molar-refractivity contribution in [1.29, 1.82) is 0 Å². The number of rotatable bonds is 11. The van der Waals surface area contributed by atoms with Crippen molar-refractivity contribution >= 4 is 23.6 Å². The lowest BCUT2D eigenvalue weighted by atomic mass is 10.1. The molecule has 5 heteroatoms. The molecule has 0 fully saturated rings. The van der Waals surface area contributed by atoms with Crippen molar-refractivity contribution in [3.05, 3.63) is 70.8 Å². The number of aryl methyl sites for hydroxylation is 2. The molecule has 31 heavy (non-hydrogen) atoms. The number of thioether (sulfide) groups is 1. The molecule has 2 rings (SSSR count). The Morgan fingerprint density at radius 2 is 1.52 bits per heavy atom. The number of carbonyl (C=O) groups excluding carboxylic acids is 2. The van der Waals surface area contributed by atoms with E-state index in [0.29, 0.717) is 18.7 Å². The van der Waals surface area contributed by atoms with Crippen LogP contribution in [0.15, 0.2) is 48.5 Å². The fourth-order valence-corrected chi connectivity index (χ4v) is 4.42. The minimum absolute atomic E-state index is 0.00740. The summed E-state index contributed by atoms with van der Waals surface area (Å²) in [6, 6.07) is 15.9. The lowest BCUT2D eigenvalue weighted by Crippen LogP contribution is -2.51. The van der Waals surface area contributed by atoms with Crippen LogP contribution in [0.4, 0.5) is 0 Å². The Balaban J connectivity index is 2.16. The molecule has 0 bridgehead atoms. The van der Waals surface area contributed by atoms with Gasteiger partial charge in [-0.1, -0.05) is 62.4 Å². The fourth-order valence-electron chi connectivity index (χ4n) is 3.43. The third-order valence-corrected chi connectivity index (χ3v) is 6.70. The van der Waals surface area contributed by atoms with Crippen molar-refractivity contribution in [2.75, 3.05) is 5.75 Å². The van der Waals surface area contributed by atoms with Crippen LogP contribution in [0.2, 0.25) is 0 Å². The van der Waals surface area contributed by atoms with Gasteiger partial charge in [-0.05, 0) is 55.9 Å². The zero-order valence-electron chi connectivity index (χ0n) is 19.5. The summed E-state index contributed by atoms with van der Waals surface area (Å²) in [6.45, 7) is 10.6. The summed E-state index contributed by atoms with van der Waals surface area (Å²) in [5.41, 5.74) is 4.69. The minimum Gasteiger partial charge on any atom is -0.352 e. The standard InChI is InChI=1S/C26H36N2O2S/c1-6-21(5)27-26(30)24(7-2)28(16-22-14-10-8-12-19(22)3)25(29)18-31-17-23-15-11-9-13-20(23)4/h8-15,21,24H,6-7,16-18H2,1-5H3,(H,27,30)/t21-,24+/m1/s1. The van der Waals surface area contributed by atoms with Gasteiger partial charge in [0.1, 0.15) is 6.04 Å². The van der Waals surface area contributed by atoms with Gasteiger partial charge in [0.05, 0.1) is 5.75 Å². The van der Waals surface area contributed by atoms with Gasteiger partial charge in [0.2, 0.25) is 11.8 Å². The number of hydrogen-bond acceptors (Lipinski definition) is 3. The number of nitrogens with one attached hydrogen (secondary N) is 1. The van der Waals surface area contributed by atoms with E-state index in [4.69, 9.17) is 0 Å². The average Bonchev–Trinajstić information content (AvgIpc) is 2.76. The maximum Gasteiger partial charge on any atom is 0.243 e. The van der Waals surface area contributed by atoms with E-state index < -0.39 is 6.04 Å². The van der Waals surface area contributed by atoms with E-state index in [9.17, 15) is 9.59 Å². The molecule has 4 nitrogen and oxygen atoms in total. The first-order chi connectivity index (χ1) is 14.9. The highest BCUT2D eigenvalue weighted by atomic mass is 32.2. The van der Waals surface area contributed by atoms with Gasteiger partial charge >= 0.3 is 0 Å². The maximum atomic E-state index is 13.3. The Morgan fingerprint density at radius 1 is 0.935 bits per heavy atom. The van der Waals surface area contributed by atoms with E-state index in [0.717, 1.165) is 23.3 Å². The summed E-state index contributed by atoms with van der Waals surface area (Å²) in [6.07, 6.45) is 1.45. The Labute approximate surface area is 191 Å². The van der Waals surface area contributed by atoms with Crippen molar-refractivity contribution in [3.63, 3.8) is 0 Å². The quantitative estimate of drug-likeness (QED) is 0.519. The minimum atomic E-state index is -0.472. The van der Waals surface area contributed by atoms with Gasteiger partial charge in [0, 0.05) is 18.3 Å². The van der Waals surface area contributed by atoms with E-state index >= 15 is 0 Å². The second kappa shape index (κ2) is 12.6. The maximum absolute atomic E-state index is 13.3. The molecule has 0 heterocycles. The average molecular weight is 441 g/mol. The van der Waals surface area contributed by atoms with Gasteiger partial charge in [-0.25, -0.2) is 0 Å². The lowest BCUT2D eigenvalue weighted by Gasteiger charge is -2.32. The van der Waals surface area contributed by atoms with Crippen molar-refractivity contribution in [2.45, 2.75) is 71.8 Å². The Kier molecular flexibility index (Phi) is 10.1. The Bertz CT molecular complexity index is 868. The molecular weight excluding hydrogens is 404 g/mol. The predicted molar refractivity (Wildman–Crippen MR) is 131 cm³/mol. The van der Waals surface area contributed by atoms with E-state index in [1.165, 1.54) is 11.1 Å². The van der Waals surface area contributed by atoms with Crippen molar-refractivity contribution in [2.24, 2.45) is 0 Å². The molecule has 2 atom stereocenters. The Morgan fingerprint density at radius 3 is 2.06 bits per heavy atom. The first-order valence-electron chi connectivity index (χ1n) is 11.1. The highest BCUT2D eigenvalue weighted by Gasteiger charge is 2.29. The summed E-state index contributed by atoms with van der Waals surface area (Å²) in [4.78, 5) is 28.1. The van der Waals surface area contributed by atoms with Crippen LogP contribution in [0.25, 0.3) is 0 Å². The molecule has 168 valence electrons. The summed E-state index contributed by atoms with van der Waals surface area (Å²) < 4.78 is 0. The third kappa shape index (κ3) is 7.42. The second-order valence-corrected chi connectivity index (χ2v) is 9.09. The zero-order valence-corrected chi connectivity index (χ0v) is 20.3. The van der Waals surface area contributed by atoms with Gasteiger partial charge in [0.25, 0.3) is 0 Å². The molecule has 1 N–H and O–H groups in total. The summed E-state index contributed by atoms with van der Waals surface area (Å²) in [7, 11) is 0. The molecule has 0 spiro atoms. The monoisotopic (exact) mass is 440 g/mol. The largest absolute Gasteiger partial charge is 0.352 e. The number of nitrogens with zero attached hydrogens (tertiary/aromatic N) is 1. The van der Waals surface area contributed by atoms with Crippen LogP contribution in [0.1, 0.15) is 55.9 Å². The molecule has 0 saturated heterocycles. The van der Waals surface area contributed by atoms with Gasteiger partial charge in [-0.15, -0.1) is 11.8 Å². The molecule has 0 aliphatic heterocycles. The van der Waals surface area contributed by atoms with Crippen LogP contribution in [0.5, 0.6) is 0 Å². The molecule has 2 aromatic rings. The van der Waals surface area contributed by atoms with Crippen LogP contribution in [0.3, 0.4) is 0 Å². The Hall–Kier alpha value is -2.27. The van der Waals surface area contributed by atoms with E-state index in [-0.39, 0.29) is 17.9 Å². The molecule has 0 radical (unpaired) electrons.